The van der Waals surface area contributed by atoms with E-state index in [0.717, 1.165) is 0 Å². The molecule has 0 saturated carbocycles. The van der Waals surface area contributed by atoms with Gasteiger partial charge in [0.25, 0.3) is 0 Å². The number of ether oxygens (including phenoxy) is 3. The third kappa shape index (κ3) is 5.07. The average molecular weight is 404 g/mol. The minimum Gasteiger partial charge on any atom is -0.493 e. The maximum Gasteiger partial charge on any atom is 0.387 e. The molecule has 0 unspecified atom stereocenters. The number of benzene rings is 2. The molecule has 0 atom stereocenters. The summed E-state index contributed by atoms with van der Waals surface area (Å²) in [5, 5.41) is 5.30. The maximum atomic E-state index is 12.4. The monoisotopic (exact) mass is 404 g/mol. The van der Waals surface area contributed by atoms with E-state index in [1.165, 1.54) is 30.3 Å². The SMILES string of the molecule is COc1cc(COC(=O)C2=NN(c3ccccc3)C(=O)CC2)ccc1OC(F)F. The van der Waals surface area contributed by atoms with E-state index in [1.54, 1.807) is 24.3 Å². The number of rotatable bonds is 7. The number of nitrogens with zero attached hydrogens (tertiary/aromatic N) is 2. The fourth-order valence-electron chi connectivity index (χ4n) is 2.70. The number of hydrogen-bond acceptors (Lipinski definition) is 6. The minimum atomic E-state index is -2.98. The third-order valence-corrected chi connectivity index (χ3v) is 4.08. The van der Waals surface area contributed by atoms with Crippen molar-refractivity contribution in [3.63, 3.8) is 0 Å². The molecule has 0 N–H and O–H groups in total. The summed E-state index contributed by atoms with van der Waals surface area (Å²) in [7, 11) is 1.31. The molecule has 29 heavy (non-hydrogen) atoms. The van der Waals surface area contributed by atoms with Gasteiger partial charge in [-0.05, 0) is 29.8 Å². The van der Waals surface area contributed by atoms with Crippen LogP contribution >= 0.6 is 0 Å². The highest BCUT2D eigenvalue weighted by Gasteiger charge is 2.26. The number of carbonyl (C=O) groups is 2. The quantitative estimate of drug-likeness (QED) is 0.660. The largest absolute Gasteiger partial charge is 0.493 e. The Hall–Kier alpha value is -3.49. The lowest BCUT2D eigenvalue weighted by molar-refractivity contribution is -0.137. The first-order chi connectivity index (χ1) is 14.0. The van der Waals surface area contributed by atoms with Crippen LogP contribution in [0.3, 0.4) is 0 Å². The Morgan fingerprint density at radius 1 is 1.14 bits per heavy atom. The second-order valence-corrected chi connectivity index (χ2v) is 6.03. The second kappa shape index (κ2) is 9.13. The number of amides is 1. The predicted octanol–water partition coefficient (Wildman–Crippen LogP) is 3.52. The summed E-state index contributed by atoms with van der Waals surface area (Å²) in [6.45, 7) is -3.10. The Morgan fingerprint density at radius 2 is 1.90 bits per heavy atom. The van der Waals surface area contributed by atoms with Gasteiger partial charge >= 0.3 is 12.6 Å². The van der Waals surface area contributed by atoms with Gasteiger partial charge in [-0.15, -0.1) is 0 Å². The molecule has 0 aliphatic carbocycles. The predicted molar refractivity (Wildman–Crippen MR) is 100 cm³/mol. The van der Waals surface area contributed by atoms with Crippen LogP contribution in [0.2, 0.25) is 0 Å². The molecule has 7 nitrogen and oxygen atoms in total. The second-order valence-electron chi connectivity index (χ2n) is 6.03. The van der Waals surface area contributed by atoms with Gasteiger partial charge in [-0.1, -0.05) is 24.3 Å². The van der Waals surface area contributed by atoms with E-state index in [9.17, 15) is 18.4 Å². The molecule has 3 rings (SSSR count). The Balaban J connectivity index is 1.68. The van der Waals surface area contributed by atoms with Crippen molar-refractivity contribution in [2.75, 3.05) is 12.1 Å². The average Bonchev–Trinajstić information content (AvgIpc) is 2.73. The van der Waals surface area contributed by atoms with E-state index in [2.05, 4.69) is 9.84 Å². The molecular weight excluding hydrogens is 386 g/mol. The van der Waals surface area contributed by atoms with Gasteiger partial charge in [0.1, 0.15) is 12.3 Å². The van der Waals surface area contributed by atoms with Crippen molar-refractivity contribution in [1.29, 1.82) is 0 Å². The summed E-state index contributed by atoms with van der Waals surface area (Å²) in [5.74, 6) is -0.904. The first-order valence-corrected chi connectivity index (χ1v) is 8.72. The number of halogens is 2. The minimum absolute atomic E-state index is 0.0923. The molecule has 0 radical (unpaired) electrons. The van der Waals surface area contributed by atoms with E-state index >= 15 is 0 Å². The summed E-state index contributed by atoms with van der Waals surface area (Å²) >= 11 is 0. The number of esters is 1. The molecule has 152 valence electrons. The van der Waals surface area contributed by atoms with Crippen LogP contribution in [-0.4, -0.2) is 31.3 Å². The number of methoxy groups -OCH3 is 1. The van der Waals surface area contributed by atoms with Crippen molar-refractivity contribution in [2.24, 2.45) is 5.10 Å². The van der Waals surface area contributed by atoms with Crippen LogP contribution in [0, 0.1) is 0 Å². The highest BCUT2D eigenvalue weighted by atomic mass is 19.3. The fourth-order valence-corrected chi connectivity index (χ4v) is 2.70. The lowest BCUT2D eigenvalue weighted by Crippen LogP contribution is -2.34. The Bertz CT molecular complexity index is 918. The van der Waals surface area contributed by atoms with Crippen molar-refractivity contribution in [2.45, 2.75) is 26.1 Å². The first-order valence-electron chi connectivity index (χ1n) is 8.72. The molecule has 0 aromatic heterocycles. The maximum absolute atomic E-state index is 12.4. The lowest BCUT2D eigenvalue weighted by atomic mass is 10.1. The van der Waals surface area contributed by atoms with E-state index < -0.39 is 12.6 Å². The van der Waals surface area contributed by atoms with Crippen LogP contribution < -0.4 is 14.5 Å². The Morgan fingerprint density at radius 3 is 2.59 bits per heavy atom. The van der Waals surface area contributed by atoms with E-state index in [1.807, 2.05) is 6.07 Å². The highest BCUT2D eigenvalue weighted by molar-refractivity contribution is 6.37. The van der Waals surface area contributed by atoms with Crippen LogP contribution in [0.5, 0.6) is 11.5 Å². The van der Waals surface area contributed by atoms with Crippen molar-refractivity contribution in [1.82, 2.24) is 0 Å². The van der Waals surface area contributed by atoms with Gasteiger partial charge in [-0.2, -0.15) is 13.9 Å². The summed E-state index contributed by atoms with van der Waals surface area (Å²) in [6.07, 6.45) is 0.307. The van der Waals surface area contributed by atoms with Crippen LogP contribution in [0.4, 0.5) is 14.5 Å². The van der Waals surface area contributed by atoms with E-state index in [-0.39, 0.29) is 42.6 Å². The van der Waals surface area contributed by atoms with Crippen LogP contribution in [0.25, 0.3) is 0 Å². The summed E-state index contributed by atoms with van der Waals surface area (Å²) in [4.78, 5) is 24.5. The number of hydrazone groups is 1. The van der Waals surface area contributed by atoms with Gasteiger partial charge in [-0.25, -0.2) is 9.80 Å². The van der Waals surface area contributed by atoms with Gasteiger partial charge in [0.15, 0.2) is 11.5 Å². The smallest absolute Gasteiger partial charge is 0.387 e. The number of alkyl halides is 2. The van der Waals surface area contributed by atoms with Gasteiger partial charge in [0.2, 0.25) is 5.91 Å². The summed E-state index contributed by atoms with van der Waals surface area (Å²) < 4.78 is 39.4. The number of anilines is 1. The molecule has 0 fully saturated rings. The molecule has 2 aromatic rings. The number of hydrogen-bond donors (Lipinski definition) is 0. The van der Waals surface area contributed by atoms with Gasteiger partial charge in [0, 0.05) is 12.8 Å². The molecule has 1 aliphatic rings. The van der Waals surface area contributed by atoms with Crippen LogP contribution in [-0.2, 0) is 20.9 Å². The number of carbonyl (C=O) groups excluding carboxylic acids is 2. The molecular formula is C20H18F2N2O5. The third-order valence-electron chi connectivity index (χ3n) is 4.08. The van der Waals surface area contributed by atoms with Gasteiger partial charge < -0.3 is 14.2 Å². The highest BCUT2D eigenvalue weighted by Crippen LogP contribution is 2.29. The number of para-hydroxylation sites is 1. The molecule has 0 spiro atoms. The zero-order chi connectivity index (χ0) is 20.8. The summed E-state index contributed by atoms with van der Waals surface area (Å²) in [5.41, 5.74) is 1.20. The van der Waals surface area contributed by atoms with Crippen molar-refractivity contribution < 1.29 is 32.6 Å². The standard InChI is InChI=1S/C20H18F2N2O5/c1-27-17-11-13(7-9-16(17)29-20(21)22)12-28-19(26)15-8-10-18(25)24(23-15)14-5-3-2-4-6-14/h2-7,9,11,20H,8,10,12H2,1H3. The molecule has 1 amide bonds. The topological polar surface area (TPSA) is 77.4 Å². The normalized spacial score (nSPS) is 13.9. The van der Waals surface area contributed by atoms with Crippen molar-refractivity contribution in [3.8, 4) is 11.5 Å². The molecule has 1 heterocycles. The molecule has 0 bridgehead atoms. The van der Waals surface area contributed by atoms with Gasteiger partial charge in [0.05, 0.1) is 12.8 Å². The Kier molecular flexibility index (Phi) is 6.38. The van der Waals surface area contributed by atoms with Crippen molar-refractivity contribution >= 4 is 23.3 Å². The zero-order valence-corrected chi connectivity index (χ0v) is 15.5. The summed E-state index contributed by atoms with van der Waals surface area (Å²) in [6, 6.07) is 13.0. The molecule has 1 aliphatic heterocycles. The Labute approximate surface area is 165 Å². The van der Waals surface area contributed by atoms with E-state index in [0.29, 0.717) is 11.3 Å². The van der Waals surface area contributed by atoms with Crippen LogP contribution in [0.1, 0.15) is 18.4 Å². The van der Waals surface area contributed by atoms with Gasteiger partial charge in [-0.3, -0.25) is 4.79 Å². The molecule has 9 heteroatoms. The fraction of sp³-hybridized carbons (Fsp3) is 0.250. The lowest BCUT2D eigenvalue weighted by Gasteiger charge is -2.22. The van der Waals surface area contributed by atoms with Crippen molar-refractivity contribution in [3.05, 3.63) is 54.1 Å². The van der Waals surface area contributed by atoms with E-state index in [4.69, 9.17) is 9.47 Å². The zero-order valence-electron chi connectivity index (χ0n) is 15.5. The molecule has 0 saturated heterocycles. The van der Waals surface area contributed by atoms with Crippen LogP contribution in [0.15, 0.2) is 53.6 Å². The molecule has 2 aromatic carbocycles. The first kappa shape index (κ1) is 20.2.